The molecule has 0 radical (unpaired) electrons. The van der Waals surface area contributed by atoms with E-state index in [0.29, 0.717) is 22.7 Å². The van der Waals surface area contributed by atoms with Crippen LogP contribution in [0.2, 0.25) is 0 Å². The third-order valence-corrected chi connectivity index (χ3v) is 4.81. The first-order chi connectivity index (χ1) is 14.2. The molecule has 0 atom stereocenters. The number of aryl methyl sites for hydroxylation is 1. The minimum atomic E-state index is 0.171. The largest absolute Gasteiger partial charge is 0.368 e. The number of hydrogen-bond donors (Lipinski definition) is 2. The van der Waals surface area contributed by atoms with Gasteiger partial charge in [-0.05, 0) is 25.1 Å². The SMILES string of the molecule is Cc1cc(-c2ccccc2)nc(SCc2nc(N)nc(Nc3ccccc3)n2)n1. The van der Waals surface area contributed by atoms with Crippen LogP contribution in [0.4, 0.5) is 17.6 Å². The van der Waals surface area contributed by atoms with Crippen LogP contribution in [-0.4, -0.2) is 24.9 Å². The summed E-state index contributed by atoms with van der Waals surface area (Å²) in [5, 5.41) is 3.81. The molecule has 0 unspecified atom stereocenters. The van der Waals surface area contributed by atoms with Crippen LogP contribution >= 0.6 is 11.8 Å². The first-order valence-electron chi connectivity index (χ1n) is 9.02. The molecule has 0 amide bonds. The summed E-state index contributed by atoms with van der Waals surface area (Å²) in [6.07, 6.45) is 0. The van der Waals surface area contributed by atoms with Crippen LogP contribution in [0, 0.1) is 6.92 Å². The average molecular weight is 401 g/mol. The average Bonchev–Trinajstić information content (AvgIpc) is 2.73. The zero-order chi connectivity index (χ0) is 20.1. The summed E-state index contributed by atoms with van der Waals surface area (Å²) < 4.78 is 0. The summed E-state index contributed by atoms with van der Waals surface area (Å²) in [6, 6.07) is 21.7. The van der Waals surface area contributed by atoms with Crippen molar-refractivity contribution in [3.8, 4) is 11.3 Å². The van der Waals surface area contributed by atoms with E-state index >= 15 is 0 Å². The van der Waals surface area contributed by atoms with Gasteiger partial charge < -0.3 is 11.1 Å². The van der Waals surface area contributed by atoms with Gasteiger partial charge in [-0.25, -0.2) is 9.97 Å². The van der Waals surface area contributed by atoms with E-state index in [4.69, 9.17) is 5.73 Å². The van der Waals surface area contributed by atoms with E-state index < -0.39 is 0 Å². The molecule has 4 rings (SSSR count). The number of rotatable bonds is 6. The Kier molecular flexibility index (Phi) is 5.62. The fourth-order valence-corrected chi connectivity index (χ4v) is 3.46. The molecular formula is C21H19N7S. The highest BCUT2D eigenvalue weighted by molar-refractivity contribution is 7.98. The summed E-state index contributed by atoms with van der Waals surface area (Å²) in [5.41, 5.74) is 9.59. The molecule has 3 N–H and O–H groups in total. The van der Waals surface area contributed by atoms with E-state index in [2.05, 4.69) is 30.2 Å². The van der Waals surface area contributed by atoms with Gasteiger partial charge in [0.2, 0.25) is 11.9 Å². The van der Waals surface area contributed by atoms with Crippen molar-refractivity contribution in [2.45, 2.75) is 17.8 Å². The summed E-state index contributed by atoms with van der Waals surface area (Å²) in [7, 11) is 0. The van der Waals surface area contributed by atoms with Crippen molar-refractivity contribution in [3.63, 3.8) is 0 Å². The van der Waals surface area contributed by atoms with Crippen LogP contribution in [0.1, 0.15) is 11.5 Å². The van der Waals surface area contributed by atoms with Crippen molar-refractivity contribution in [1.29, 1.82) is 0 Å². The molecule has 2 heterocycles. The van der Waals surface area contributed by atoms with Gasteiger partial charge in [-0.15, -0.1) is 0 Å². The Balaban J connectivity index is 1.51. The molecule has 0 aliphatic heterocycles. The van der Waals surface area contributed by atoms with E-state index in [0.717, 1.165) is 22.6 Å². The van der Waals surface area contributed by atoms with Crippen molar-refractivity contribution >= 4 is 29.3 Å². The number of hydrogen-bond acceptors (Lipinski definition) is 8. The van der Waals surface area contributed by atoms with Crippen LogP contribution in [-0.2, 0) is 5.75 Å². The van der Waals surface area contributed by atoms with Crippen LogP contribution in [0.3, 0.4) is 0 Å². The molecule has 0 bridgehead atoms. The number of nitrogen functional groups attached to an aromatic ring is 1. The summed E-state index contributed by atoms with van der Waals surface area (Å²) in [5.74, 6) is 1.62. The van der Waals surface area contributed by atoms with Crippen LogP contribution in [0.15, 0.2) is 71.9 Å². The van der Waals surface area contributed by atoms with E-state index in [1.54, 1.807) is 0 Å². The molecule has 29 heavy (non-hydrogen) atoms. The smallest absolute Gasteiger partial charge is 0.232 e. The van der Waals surface area contributed by atoms with Gasteiger partial charge in [0, 0.05) is 16.9 Å². The molecule has 2 aromatic heterocycles. The lowest BCUT2D eigenvalue weighted by Crippen LogP contribution is -2.06. The molecule has 0 aliphatic rings. The highest BCUT2D eigenvalue weighted by Crippen LogP contribution is 2.24. The highest BCUT2D eigenvalue weighted by Gasteiger charge is 2.09. The van der Waals surface area contributed by atoms with Crippen molar-refractivity contribution in [3.05, 3.63) is 78.2 Å². The van der Waals surface area contributed by atoms with Gasteiger partial charge in [-0.2, -0.15) is 15.0 Å². The van der Waals surface area contributed by atoms with E-state index in [-0.39, 0.29) is 5.95 Å². The normalized spacial score (nSPS) is 10.7. The molecule has 2 aromatic carbocycles. The zero-order valence-electron chi connectivity index (χ0n) is 15.8. The zero-order valence-corrected chi connectivity index (χ0v) is 16.6. The molecule has 0 fully saturated rings. The van der Waals surface area contributed by atoms with Crippen molar-refractivity contribution in [2.24, 2.45) is 0 Å². The Morgan fingerprint density at radius 1 is 0.862 bits per heavy atom. The second kappa shape index (κ2) is 8.66. The van der Waals surface area contributed by atoms with Crippen molar-refractivity contribution in [2.75, 3.05) is 11.1 Å². The van der Waals surface area contributed by atoms with Crippen molar-refractivity contribution < 1.29 is 0 Å². The molecule has 144 valence electrons. The van der Waals surface area contributed by atoms with Crippen LogP contribution < -0.4 is 11.1 Å². The Bertz CT molecular complexity index is 1100. The predicted molar refractivity (Wildman–Crippen MR) is 116 cm³/mol. The number of thioether (sulfide) groups is 1. The standard InChI is InChI=1S/C21H19N7S/c1-14-12-17(15-8-4-2-5-9-15)25-21(23-14)29-13-18-26-19(22)28-20(27-18)24-16-10-6-3-7-11-16/h2-12H,13H2,1H3,(H3,22,24,26,27,28). The van der Waals surface area contributed by atoms with Gasteiger partial charge >= 0.3 is 0 Å². The lowest BCUT2D eigenvalue weighted by atomic mass is 10.1. The molecule has 0 saturated heterocycles. The predicted octanol–water partition coefficient (Wildman–Crippen LogP) is 4.26. The number of benzene rings is 2. The quantitative estimate of drug-likeness (QED) is 0.365. The summed E-state index contributed by atoms with van der Waals surface area (Å²) in [6.45, 7) is 1.96. The van der Waals surface area contributed by atoms with Crippen LogP contribution in [0.5, 0.6) is 0 Å². The maximum Gasteiger partial charge on any atom is 0.232 e. The van der Waals surface area contributed by atoms with Gasteiger partial charge in [0.05, 0.1) is 11.4 Å². The number of para-hydroxylation sites is 1. The number of nitrogens with two attached hydrogens (primary N) is 1. The monoisotopic (exact) mass is 401 g/mol. The number of nitrogens with zero attached hydrogens (tertiary/aromatic N) is 5. The molecule has 8 heteroatoms. The molecule has 0 saturated carbocycles. The third kappa shape index (κ3) is 5.05. The molecule has 0 aliphatic carbocycles. The maximum atomic E-state index is 5.86. The minimum Gasteiger partial charge on any atom is -0.368 e. The van der Waals surface area contributed by atoms with Gasteiger partial charge in [-0.1, -0.05) is 60.3 Å². The number of nitrogens with one attached hydrogen (secondary N) is 1. The van der Waals surface area contributed by atoms with Gasteiger partial charge in [0.25, 0.3) is 0 Å². The third-order valence-electron chi connectivity index (χ3n) is 3.96. The highest BCUT2D eigenvalue weighted by atomic mass is 32.2. The van der Waals surface area contributed by atoms with Gasteiger partial charge in [0.1, 0.15) is 5.82 Å². The second-order valence-corrected chi connectivity index (χ2v) is 7.20. The van der Waals surface area contributed by atoms with Gasteiger partial charge in [-0.3, -0.25) is 0 Å². The first kappa shape index (κ1) is 18.8. The van der Waals surface area contributed by atoms with Gasteiger partial charge in [0.15, 0.2) is 5.16 Å². The Morgan fingerprint density at radius 2 is 1.59 bits per heavy atom. The number of aromatic nitrogens is 5. The van der Waals surface area contributed by atoms with Crippen molar-refractivity contribution in [1.82, 2.24) is 24.9 Å². The fourth-order valence-electron chi connectivity index (χ4n) is 2.70. The minimum absolute atomic E-state index is 0.171. The maximum absolute atomic E-state index is 5.86. The van der Waals surface area contributed by atoms with E-state index in [1.807, 2.05) is 73.7 Å². The molecular weight excluding hydrogens is 382 g/mol. The number of anilines is 3. The fraction of sp³-hybridized carbons (Fsp3) is 0.0952. The molecule has 0 spiro atoms. The summed E-state index contributed by atoms with van der Waals surface area (Å²) >= 11 is 1.46. The Hall–Kier alpha value is -3.52. The second-order valence-electron chi connectivity index (χ2n) is 6.26. The molecule has 4 aromatic rings. The lowest BCUT2D eigenvalue weighted by molar-refractivity contribution is 0.929. The Labute approximate surface area is 172 Å². The van der Waals surface area contributed by atoms with E-state index in [1.165, 1.54) is 11.8 Å². The van der Waals surface area contributed by atoms with Crippen LogP contribution in [0.25, 0.3) is 11.3 Å². The topological polar surface area (TPSA) is 102 Å². The summed E-state index contributed by atoms with van der Waals surface area (Å²) in [4.78, 5) is 22.0. The Morgan fingerprint density at radius 3 is 2.34 bits per heavy atom. The first-order valence-corrected chi connectivity index (χ1v) is 10.0. The lowest BCUT2D eigenvalue weighted by Gasteiger charge is -2.08. The van der Waals surface area contributed by atoms with E-state index in [9.17, 15) is 0 Å². The molecule has 7 nitrogen and oxygen atoms in total.